The van der Waals surface area contributed by atoms with E-state index in [1.165, 1.54) is 29.6 Å². The second-order valence-corrected chi connectivity index (χ2v) is 6.60. The van der Waals surface area contributed by atoms with Gasteiger partial charge in [-0.1, -0.05) is 30.3 Å². The van der Waals surface area contributed by atoms with Crippen LogP contribution in [0.25, 0.3) is 0 Å². The molecule has 4 rings (SSSR count). The molecule has 0 bridgehead atoms. The highest BCUT2D eigenvalue weighted by Crippen LogP contribution is 2.34. The van der Waals surface area contributed by atoms with E-state index < -0.39 is 11.7 Å². The van der Waals surface area contributed by atoms with Gasteiger partial charge in [-0.3, -0.25) is 0 Å². The van der Waals surface area contributed by atoms with Gasteiger partial charge in [0.05, 0.1) is 5.56 Å². The Kier molecular flexibility index (Phi) is 4.54. The lowest BCUT2D eigenvalue weighted by molar-refractivity contribution is -0.137. The molecule has 28 heavy (non-hydrogen) atoms. The monoisotopic (exact) mass is 385 g/mol. The topological polar surface area (TPSA) is 67.1 Å². The summed E-state index contributed by atoms with van der Waals surface area (Å²) in [5.41, 5.74) is 8.59. The van der Waals surface area contributed by atoms with Crippen LogP contribution in [0, 0.1) is 0 Å². The number of hydrogen-bond donors (Lipinski definition) is 2. The van der Waals surface area contributed by atoms with Crippen LogP contribution >= 0.6 is 0 Å². The molecule has 0 saturated carbocycles. The Morgan fingerprint density at radius 1 is 1.00 bits per heavy atom. The van der Waals surface area contributed by atoms with E-state index in [4.69, 9.17) is 5.73 Å². The van der Waals surface area contributed by atoms with Gasteiger partial charge in [-0.05, 0) is 35.7 Å². The summed E-state index contributed by atoms with van der Waals surface area (Å²) < 4.78 is 38.8. The first-order valence-corrected chi connectivity index (χ1v) is 8.78. The Morgan fingerprint density at radius 2 is 1.79 bits per heavy atom. The van der Waals surface area contributed by atoms with Crippen LogP contribution in [-0.2, 0) is 19.1 Å². The smallest absolute Gasteiger partial charge is 0.393 e. The van der Waals surface area contributed by atoms with E-state index in [-0.39, 0.29) is 11.5 Å². The molecule has 1 aliphatic heterocycles. The Bertz CT molecular complexity index is 1000. The summed E-state index contributed by atoms with van der Waals surface area (Å²) in [5, 5.41) is 2.88. The van der Waals surface area contributed by atoms with Crippen LogP contribution in [0.2, 0.25) is 0 Å². The van der Waals surface area contributed by atoms with Gasteiger partial charge in [0, 0.05) is 18.8 Å². The summed E-state index contributed by atoms with van der Waals surface area (Å²) in [6, 6.07) is 13.1. The first-order chi connectivity index (χ1) is 13.4. The zero-order valence-electron chi connectivity index (χ0n) is 14.9. The summed E-state index contributed by atoms with van der Waals surface area (Å²) in [6.07, 6.45) is -2.18. The molecule has 0 fully saturated rings. The van der Waals surface area contributed by atoms with Crippen molar-refractivity contribution in [2.45, 2.75) is 19.1 Å². The van der Waals surface area contributed by atoms with Gasteiger partial charge in [0.15, 0.2) is 11.6 Å². The lowest BCUT2D eigenvalue weighted by atomic mass is 10.00. The first-order valence-electron chi connectivity index (χ1n) is 8.78. The highest BCUT2D eigenvalue weighted by atomic mass is 19.4. The molecular formula is C20H18F3N5. The molecule has 0 amide bonds. The Morgan fingerprint density at radius 3 is 2.57 bits per heavy atom. The highest BCUT2D eigenvalue weighted by molar-refractivity contribution is 5.78. The maximum atomic E-state index is 12.9. The third kappa shape index (κ3) is 3.58. The van der Waals surface area contributed by atoms with Crippen LogP contribution in [0.1, 0.15) is 16.7 Å². The van der Waals surface area contributed by atoms with Crippen molar-refractivity contribution in [2.24, 2.45) is 0 Å². The number of nitrogens with two attached hydrogens (primary N) is 1. The first kappa shape index (κ1) is 18.1. The van der Waals surface area contributed by atoms with Gasteiger partial charge in [0.25, 0.3) is 0 Å². The average molecular weight is 385 g/mol. The van der Waals surface area contributed by atoms with Crippen molar-refractivity contribution in [1.29, 1.82) is 0 Å². The molecule has 0 aliphatic carbocycles. The Hall–Kier alpha value is -3.29. The lowest BCUT2D eigenvalue weighted by Gasteiger charge is -2.30. The van der Waals surface area contributed by atoms with Crippen LogP contribution < -0.4 is 16.0 Å². The van der Waals surface area contributed by atoms with Crippen molar-refractivity contribution < 1.29 is 13.2 Å². The zero-order chi connectivity index (χ0) is 19.7. The van der Waals surface area contributed by atoms with Crippen molar-refractivity contribution in [3.05, 3.63) is 71.5 Å². The van der Waals surface area contributed by atoms with E-state index in [0.29, 0.717) is 18.1 Å². The maximum absolute atomic E-state index is 12.9. The average Bonchev–Trinajstić information content (AvgIpc) is 2.69. The molecule has 0 saturated heterocycles. The minimum Gasteiger partial charge on any atom is -0.393 e. The van der Waals surface area contributed by atoms with Gasteiger partial charge in [0.1, 0.15) is 12.0 Å². The molecule has 0 unspecified atom stereocenters. The number of anilines is 4. The standard InChI is InChI=1S/C20H18F3N5/c21-20(22,23)15-6-3-7-16(10-15)27-18-17(24)19(26-12-25-18)28-9-8-13-4-1-2-5-14(13)11-28/h1-7,10,12H,8-9,11,24H2,(H,25,26,27). The number of rotatable bonds is 3. The van der Waals surface area contributed by atoms with Gasteiger partial charge >= 0.3 is 6.18 Å². The van der Waals surface area contributed by atoms with Crippen molar-refractivity contribution in [1.82, 2.24) is 9.97 Å². The molecule has 1 aromatic heterocycles. The Labute approximate surface area is 160 Å². The molecule has 1 aliphatic rings. The maximum Gasteiger partial charge on any atom is 0.416 e. The summed E-state index contributed by atoms with van der Waals surface area (Å²) in [4.78, 5) is 10.5. The van der Waals surface area contributed by atoms with Crippen LogP contribution in [-0.4, -0.2) is 16.5 Å². The second-order valence-electron chi connectivity index (χ2n) is 6.60. The predicted octanol–water partition coefficient (Wildman–Crippen LogP) is 4.38. The van der Waals surface area contributed by atoms with Crippen LogP contribution in [0.3, 0.4) is 0 Å². The van der Waals surface area contributed by atoms with E-state index in [1.807, 2.05) is 12.1 Å². The van der Waals surface area contributed by atoms with Crippen LogP contribution in [0.15, 0.2) is 54.9 Å². The Balaban J connectivity index is 1.60. The lowest BCUT2D eigenvalue weighted by Crippen LogP contribution is -2.31. The van der Waals surface area contributed by atoms with Crippen molar-refractivity contribution in [3.8, 4) is 0 Å². The third-order valence-electron chi connectivity index (χ3n) is 4.75. The van der Waals surface area contributed by atoms with E-state index in [2.05, 4.69) is 32.3 Å². The number of nitrogen functional groups attached to an aromatic ring is 1. The van der Waals surface area contributed by atoms with Crippen molar-refractivity contribution in [3.63, 3.8) is 0 Å². The van der Waals surface area contributed by atoms with Crippen molar-refractivity contribution in [2.75, 3.05) is 22.5 Å². The quantitative estimate of drug-likeness (QED) is 0.700. The third-order valence-corrected chi connectivity index (χ3v) is 4.75. The zero-order valence-corrected chi connectivity index (χ0v) is 14.9. The predicted molar refractivity (Wildman–Crippen MR) is 102 cm³/mol. The number of halogens is 3. The van der Waals surface area contributed by atoms with Gasteiger partial charge in [-0.2, -0.15) is 13.2 Å². The fraction of sp³-hybridized carbons (Fsp3) is 0.200. The molecule has 3 N–H and O–H groups in total. The van der Waals surface area contributed by atoms with Gasteiger partial charge in [-0.15, -0.1) is 0 Å². The molecule has 0 radical (unpaired) electrons. The van der Waals surface area contributed by atoms with Gasteiger partial charge < -0.3 is 16.0 Å². The fourth-order valence-corrected chi connectivity index (χ4v) is 3.32. The molecule has 8 heteroatoms. The summed E-state index contributed by atoms with van der Waals surface area (Å²) in [6.45, 7) is 1.42. The summed E-state index contributed by atoms with van der Waals surface area (Å²) in [5.74, 6) is 0.849. The number of nitrogens with one attached hydrogen (secondary N) is 1. The van der Waals surface area contributed by atoms with Crippen molar-refractivity contribution >= 4 is 23.0 Å². The molecular weight excluding hydrogens is 367 g/mol. The normalized spacial score (nSPS) is 13.9. The van der Waals surface area contributed by atoms with Crippen LogP contribution in [0.4, 0.5) is 36.2 Å². The van der Waals surface area contributed by atoms with E-state index in [9.17, 15) is 13.2 Å². The molecule has 0 atom stereocenters. The van der Waals surface area contributed by atoms with Gasteiger partial charge in [-0.25, -0.2) is 9.97 Å². The SMILES string of the molecule is Nc1c(Nc2cccc(C(F)(F)F)c2)ncnc1N1CCc2ccccc2C1. The number of hydrogen-bond acceptors (Lipinski definition) is 5. The van der Waals surface area contributed by atoms with E-state index >= 15 is 0 Å². The molecule has 2 aromatic carbocycles. The molecule has 144 valence electrons. The van der Waals surface area contributed by atoms with E-state index in [1.54, 1.807) is 0 Å². The van der Waals surface area contributed by atoms with Gasteiger partial charge in [0.2, 0.25) is 0 Å². The largest absolute Gasteiger partial charge is 0.416 e. The minimum absolute atomic E-state index is 0.259. The summed E-state index contributed by atoms with van der Waals surface area (Å²) in [7, 11) is 0. The molecule has 5 nitrogen and oxygen atoms in total. The van der Waals surface area contributed by atoms with E-state index in [0.717, 1.165) is 25.1 Å². The summed E-state index contributed by atoms with van der Waals surface area (Å²) >= 11 is 0. The number of aromatic nitrogens is 2. The van der Waals surface area contributed by atoms with Crippen LogP contribution in [0.5, 0.6) is 0 Å². The highest BCUT2D eigenvalue weighted by Gasteiger charge is 2.30. The fourth-order valence-electron chi connectivity index (χ4n) is 3.32. The number of nitrogens with zero attached hydrogens (tertiary/aromatic N) is 3. The number of fused-ring (bicyclic) bond motifs is 1. The number of benzene rings is 2. The second kappa shape index (κ2) is 7.03. The molecule has 2 heterocycles. The molecule has 0 spiro atoms. The molecule has 3 aromatic rings. The number of alkyl halides is 3. The minimum atomic E-state index is -4.42.